The zero-order valence-corrected chi connectivity index (χ0v) is 24.5. The number of rotatable bonds is 12. The molecule has 0 amide bonds. The molecule has 0 aromatic carbocycles. The normalized spacial score (nSPS) is 25.5. The highest BCUT2D eigenvalue weighted by molar-refractivity contribution is 7.97. The van der Waals surface area contributed by atoms with Gasteiger partial charge in [-0.3, -0.25) is 13.9 Å². The lowest BCUT2D eigenvalue weighted by Gasteiger charge is -2.36. The molecule has 1 saturated heterocycles. The number of pyridine rings is 1. The number of fused-ring (bicyclic) bond motifs is 1. The zero-order valence-electron chi connectivity index (χ0n) is 22.0. The van der Waals surface area contributed by atoms with Gasteiger partial charge in [0, 0.05) is 36.9 Å². The Labute approximate surface area is 243 Å². The molecule has 1 unspecified atom stereocenters. The first kappa shape index (κ1) is 32.5. The number of carbonyl (C=O) groups excluding carboxylic acids is 1. The van der Waals surface area contributed by atoms with E-state index in [4.69, 9.17) is 16.3 Å². The van der Waals surface area contributed by atoms with Crippen molar-refractivity contribution in [1.29, 1.82) is 5.26 Å². The van der Waals surface area contributed by atoms with Crippen LogP contribution in [-0.4, -0.2) is 87.4 Å². The minimum atomic E-state index is -4.79. The number of nitriles is 1. The van der Waals surface area contributed by atoms with Gasteiger partial charge in [-0.2, -0.15) is 5.26 Å². The van der Waals surface area contributed by atoms with Crippen molar-refractivity contribution in [2.24, 2.45) is 0 Å². The number of nitrogens with zero attached hydrogens (tertiary/aromatic N) is 3. The van der Waals surface area contributed by atoms with E-state index >= 15 is 0 Å². The van der Waals surface area contributed by atoms with Gasteiger partial charge in [-0.05, 0) is 12.5 Å². The Morgan fingerprint density at radius 2 is 2.07 bits per heavy atom. The molecule has 2 aromatic rings. The molecule has 1 aliphatic carbocycles. The van der Waals surface area contributed by atoms with Crippen LogP contribution in [0.25, 0.3) is 11.0 Å². The number of halogens is 3. The van der Waals surface area contributed by atoms with Gasteiger partial charge in [0.05, 0.1) is 11.4 Å². The third kappa shape index (κ3) is 7.20. The van der Waals surface area contributed by atoms with Crippen LogP contribution in [0.2, 0.25) is 5.15 Å². The molecule has 0 radical (unpaired) electrons. The van der Waals surface area contributed by atoms with Gasteiger partial charge in [-0.1, -0.05) is 18.5 Å². The molecular weight excluding hydrogens is 629 g/mol. The number of carbonyl (C=O) groups is 1. The number of sulfone groups is 1. The lowest BCUT2D eigenvalue weighted by Crippen LogP contribution is -2.44. The second-order valence-corrected chi connectivity index (χ2v) is 14.8. The zero-order chi connectivity index (χ0) is 31.0. The molecule has 0 spiro atoms. The van der Waals surface area contributed by atoms with Crippen molar-refractivity contribution >= 4 is 51.7 Å². The van der Waals surface area contributed by atoms with E-state index in [9.17, 15) is 46.9 Å². The number of hydrogen-bond acceptors (Lipinski definition) is 12. The van der Waals surface area contributed by atoms with Crippen molar-refractivity contribution in [2.45, 2.75) is 69.1 Å². The summed E-state index contributed by atoms with van der Waals surface area (Å²) < 4.78 is 80.4. The van der Waals surface area contributed by atoms with Gasteiger partial charge in [0.1, 0.15) is 35.6 Å². The minimum absolute atomic E-state index is 0.0347. The fourth-order valence-electron chi connectivity index (χ4n) is 4.70. The summed E-state index contributed by atoms with van der Waals surface area (Å²) in [5, 5.41) is 33.7. The van der Waals surface area contributed by atoms with Crippen molar-refractivity contribution < 1.29 is 55.7 Å². The fourth-order valence-corrected chi connectivity index (χ4v) is 8.62. The monoisotopic (exact) mass is 656 g/mol. The number of aliphatic hydroxyl groups excluding tert-OH is 2. The van der Waals surface area contributed by atoms with Gasteiger partial charge in [-0.15, -0.1) is 0 Å². The van der Waals surface area contributed by atoms with E-state index in [-0.39, 0.29) is 33.9 Å². The minimum Gasteiger partial charge on any atom is -0.438 e. The molecule has 1 aliphatic heterocycles. The average Bonchev–Trinajstić information content (AvgIpc) is 3.38. The summed E-state index contributed by atoms with van der Waals surface area (Å²) in [5.41, 5.74) is -1.30. The Morgan fingerprint density at radius 1 is 1.38 bits per heavy atom. The maximum Gasteiger partial charge on any atom is 0.346 e. The first-order valence-electron chi connectivity index (χ1n) is 12.6. The number of esters is 1. The predicted octanol–water partition coefficient (Wildman–Crippen LogP) is 2.27. The number of alkyl halides is 2. The van der Waals surface area contributed by atoms with E-state index in [1.807, 2.05) is 6.07 Å². The largest absolute Gasteiger partial charge is 0.438 e. The van der Waals surface area contributed by atoms with Crippen molar-refractivity contribution in [3.63, 3.8) is 0 Å². The maximum absolute atomic E-state index is 13.4. The van der Waals surface area contributed by atoms with Crippen LogP contribution in [0.1, 0.15) is 44.4 Å². The summed E-state index contributed by atoms with van der Waals surface area (Å²) in [6.45, 7) is 0.771. The summed E-state index contributed by atoms with van der Waals surface area (Å²) in [4.78, 5) is 25.4. The lowest BCUT2D eigenvalue weighted by molar-refractivity contribution is -0.150. The highest BCUT2D eigenvalue weighted by Crippen LogP contribution is 2.45. The second kappa shape index (κ2) is 12.3. The first-order chi connectivity index (χ1) is 19.6. The van der Waals surface area contributed by atoms with Crippen molar-refractivity contribution in [1.82, 2.24) is 9.55 Å². The van der Waals surface area contributed by atoms with Crippen LogP contribution >= 0.6 is 19.2 Å². The van der Waals surface area contributed by atoms with Crippen molar-refractivity contribution in [3.05, 3.63) is 23.0 Å². The summed E-state index contributed by atoms with van der Waals surface area (Å²) >= 11 is 6.20. The van der Waals surface area contributed by atoms with Crippen LogP contribution in [0, 0.1) is 11.3 Å². The molecule has 0 bridgehead atoms. The quantitative estimate of drug-likeness (QED) is 0.112. The second-order valence-electron chi connectivity index (χ2n) is 10.1. The number of nitrogens with one attached hydrogen (secondary N) is 1. The highest BCUT2D eigenvalue weighted by Gasteiger charge is 2.48. The molecule has 2 aromatic heterocycles. The molecule has 5 atom stereocenters. The van der Waals surface area contributed by atoms with Crippen LogP contribution in [0.4, 0.5) is 14.5 Å². The summed E-state index contributed by atoms with van der Waals surface area (Å²) in [6.07, 6.45) is -5.48. The number of ether oxygens (including phenoxy) is 2. The summed E-state index contributed by atoms with van der Waals surface area (Å²) in [6, 6.07) is 2.70. The van der Waals surface area contributed by atoms with E-state index < -0.39 is 90.8 Å². The smallest absolute Gasteiger partial charge is 0.346 e. The SMILES string of the molecule is CCCC(=O)OCOP(=O)(O)CS(=O)(=O)C[C@H]1O[C@@H](n2ccc3c(NC4CC(F)(F)C4)c(C#N)c(Cl)nc32)[C@H](O)[C@@H]1O. The number of aliphatic hydroxyl groups is 2. The average molecular weight is 657 g/mol. The Morgan fingerprint density at radius 3 is 2.69 bits per heavy atom. The van der Waals surface area contributed by atoms with Crippen LogP contribution in [0.5, 0.6) is 0 Å². The fraction of sp³-hybridized carbons (Fsp3) is 0.609. The molecule has 2 aliphatic rings. The number of hydrogen-bond donors (Lipinski definition) is 4. The number of anilines is 1. The number of aromatic nitrogens is 2. The molecule has 232 valence electrons. The topological polar surface area (TPSA) is 210 Å². The Kier molecular flexibility index (Phi) is 9.51. The molecule has 1 saturated carbocycles. The predicted molar refractivity (Wildman–Crippen MR) is 142 cm³/mol. The summed E-state index contributed by atoms with van der Waals surface area (Å²) in [5.74, 6) is -4.52. The maximum atomic E-state index is 13.4. The third-order valence-electron chi connectivity index (χ3n) is 6.69. The van der Waals surface area contributed by atoms with Gasteiger partial charge in [-0.25, -0.2) is 22.2 Å². The molecule has 3 heterocycles. The van der Waals surface area contributed by atoms with Gasteiger partial charge in [0.15, 0.2) is 26.7 Å². The van der Waals surface area contributed by atoms with Crippen LogP contribution in [0.15, 0.2) is 12.3 Å². The van der Waals surface area contributed by atoms with Gasteiger partial charge in [0.2, 0.25) is 6.79 Å². The van der Waals surface area contributed by atoms with Crippen LogP contribution in [-0.2, 0) is 33.2 Å². The van der Waals surface area contributed by atoms with E-state index in [0.29, 0.717) is 6.42 Å². The highest BCUT2D eigenvalue weighted by atomic mass is 35.5. The van der Waals surface area contributed by atoms with Crippen molar-refractivity contribution in [3.8, 4) is 6.07 Å². The first-order valence-corrected chi connectivity index (χ1v) is 16.6. The third-order valence-corrected chi connectivity index (χ3v) is 11.2. The van der Waals surface area contributed by atoms with Gasteiger partial charge < -0.3 is 34.5 Å². The molecule has 4 rings (SSSR count). The van der Waals surface area contributed by atoms with Gasteiger partial charge >= 0.3 is 13.6 Å². The molecule has 2 fully saturated rings. The van der Waals surface area contributed by atoms with E-state index in [0.717, 1.165) is 0 Å². The summed E-state index contributed by atoms with van der Waals surface area (Å²) in [7, 11) is -9.23. The van der Waals surface area contributed by atoms with Crippen LogP contribution < -0.4 is 5.32 Å². The molecule has 14 nitrogen and oxygen atoms in total. The van der Waals surface area contributed by atoms with Crippen molar-refractivity contribution in [2.75, 3.05) is 23.4 Å². The molecular formula is C23H28ClF2N4O10PS. The van der Waals surface area contributed by atoms with E-state index in [1.54, 1.807) is 6.92 Å². The van der Waals surface area contributed by atoms with E-state index in [2.05, 4.69) is 19.6 Å². The Hall–Kier alpha value is -2.42. The Bertz CT molecular complexity index is 1540. The molecule has 19 heteroatoms. The lowest BCUT2D eigenvalue weighted by atomic mass is 9.88. The van der Waals surface area contributed by atoms with E-state index in [1.165, 1.54) is 16.8 Å². The molecule has 4 N–H and O–H groups in total. The Balaban J connectivity index is 1.50. The van der Waals surface area contributed by atoms with Gasteiger partial charge in [0.25, 0.3) is 5.92 Å². The standard InChI is InChI=1S/C23H28ClF2N4O10PS/c1-2-3-16(31)38-10-39-41(34,35)11-42(36,37)9-15-18(32)19(33)22(40-15)30-5-4-13-17(28-12-6-23(25,26)7-12)14(8-27)20(24)29-21(13)30/h4-5,12,15,18-19,22,32-33H,2-3,6-7,9-11H2,1H3,(H,28,29)(H,34,35)/t15-,18-,19-,22-/m1/s1. The van der Waals surface area contributed by atoms with Crippen LogP contribution in [0.3, 0.4) is 0 Å². The molecule has 42 heavy (non-hydrogen) atoms.